The van der Waals surface area contributed by atoms with Crippen molar-refractivity contribution in [1.29, 1.82) is 0 Å². The zero-order valence-electron chi connectivity index (χ0n) is 8.74. The fraction of sp³-hybridized carbons (Fsp3) is 0.556. The lowest BCUT2D eigenvalue weighted by Gasteiger charge is -2.15. The third kappa shape index (κ3) is 4.42. The van der Waals surface area contributed by atoms with Gasteiger partial charge in [0.25, 0.3) is 0 Å². The topological polar surface area (TPSA) is 56.3 Å². The highest BCUT2D eigenvalue weighted by molar-refractivity contribution is 6.31. The number of nitrogens with one attached hydrogen (secondary N) is 1. The van der Waals surface area contributed by atoms with E-state index >= 15 is 0 Å². The van der Waals surface area contributed by atoms with E-state index < -0.39 is 0 Å². The number of anilines is 1. The SMILES string of the molecule is COCCOC(C)Nc1nccnc1Cl. The van der Waals surface area contributed by atoms with Gasteiger partial charge in [0.05, 0.1) is 13.2 Å². The molecule has 0 saturated heterocycles. The number of aromatic nitrogens is 2. The molecule has 1 unspecified atom stereocenters. The number of ether oxygens (including phenoxy) is 2. The molecule has 0 bridgehead atoms. The van der Waals surface area contributed by atoms with Gasteiger partial charge in [-0.05, 0) is 6.92 Å². The van der Waals surface area contributed by atoms with Crippen LogP contribution >= 0.6 is 11.6 Å². The van der Waals surface area contributed by atoms with E-state index in [0.29, 0.717) is 24.2 Å². The van der Waals surface area contributed by atoms with Crippen LogP contribution in [0.5, 0.6) is 0 Å². The van der Waals surface area contributed by atoms with Crippen LogP contribution in [0.3, 0.4) is 0 Å². The van der Waals surface area contributed by atoms with E-state index in [1.54, 1.807) is 13.3 Å². The molecule has 15 heavy (non-hydrogen) atoms. The van der Waals surface area contributed by atoms with Crippen LogP contribution in [-0.4, -0.2) is 36.5 Å². The van der Waals surface area contributed by atoms with Crippen LogP contribution in [0, 0.1) is 0 Å². The van der Waals surface area contributed by atoms with Crippen LogP contribution in [0.1, 0.15) is 6.92 Å². The van der Waals surface area contributed by atoms with E-state index in [2.05, 4.69) is 15.3 Å². The summed E-state index contributed by atoms with van der Waals surface area (Å²) >= 11 is 5.81. The Morgan fingerprint density at radius 1 is 1.40 bits per heavy atom. The zero-order valence-corrected chi connectivity index (χ0v) is 9.49. The van der Waals surface area contributed by atoms with Gasteiger partial charge in [0, 0.05) is 19.5 Å². The summed E-state index contributed by atoms with van der Waals surface area (Å²) in [5, 5.41) is 3.32. The second kappa shape index (κ2) is 6.55. The lowest BCUT2D eigenvalue weighted by Crippen LogP contribution is -2.22. The van der Waals surface area contributed by atoms with E-state index in [1.807, 2.05) is 6.92 Å². The molecule has 5 nitrogen and oxygen atoms in total. The van der Waals surface area contributed by atoms with Gasteiger partial charge in [-0.25, -0.2) is 9.97 Å². The Bertz CT molecular complexity index is 298. The molecule has 1 N–H and O–H groups in total. The molecule has 0 fully saturated rings. The molecular formula is C9H14ClN3O2. The Hall–Kier alpha value is -0.910. The van der Waals surface area contributed by atoms with Gasteiger partial charge in [0.2, 0.25) is 0 Å². The van der Waals surface area contributed by atoms with E-state index in [0.717, 1.165) is 0 Å². The summed E-state index contributed by atoms with van der Waals surface area (Å²) in [5.74, 6) is 0.518. The predicted molar refractivity (Wildman–Crippen MR) is 58.0 cm³/mol. The van der Waals surface area contributed by atoms with Crippen LogP contribution in [-0.2, 0) is 9.47 Å². The maximum absolute atomic E-state index is 5.81. The van der Waals surface area contributed by atoms with Crippen molar-refractivity contribution in [1.82, 2.24) is 9.97 Å². The van der Waals surface area contributed by atoms with Crippen molar-refractivity contribution in [2.45, 2.75) is 13.2 Å². The summed E-state index contributed by atoms with van der Waals surface area (Å²) in [6, 6.07) is 0. The number of hydrogen-bond donors (Lipinski definition) is 1. The number of methoxy groups -OCH3 is 1. The van der Waals surface area contributed by atoms with Gasteiger partial charge in [0.1, 0.15) is 6.23 Å². The number of hydrogen-bond acceptors (Lipinski definition) is 5. The number of halogens is 1. The van der Waals surface area contributed by atoms with Gasteiger partial charge in [-0.1, -0.05) is 11.6 Å². The van der Waals surface area contributed by atoms with Crippen LogP contribution in [0.2, 0.25) is 5.15 Å². The van der Waals surface area contributed by atoms with Gasteiger partial charge >= 0.3 is 0 Å². The summed E-state index contributed by atoms with van der Waals surface area (Å²) in [7, 11) is 1.63. The average molecular weight is 232 g/mol. The van der Waals surface area contributed by atoms with Crippen molar-refractivity contribution >= 4 is 17.4 Å². The molecule has 0 aliphatic rings. The molecule has 84 valence electrons. The Balaban J connectivity index is 2.37. The van der Waals surface area contributed by atoms with Crippen LogP contribution in [0.15, 0.2) is 12.4 Å². The van der Waals surface area contributed by atoms with Crippen molar-refractivity contribution in [3.05, 3.63) is 17.5 Å². The fourth-order valence-corrected chi connectivity index (χ4v) is 1.12. The lowest BCUT2D eigenvalue weighted by atomic mass is 10.5. The van der Waals surface area contributed by atoms with Crippen molar-refractivity contribution in [2.75, 3.05) is 25.6 Å². The summed E-state index contributed by atoms with van der Waals surface area (Å²) < 4.78 is 10.2. The molecule has 1 atom stereocenters. The van der Waals surface area contributed by atoms with Crippen molar-refractivity contribution in [3.8, 4) is 0 Å². The molecule has 1 aromatic rings. The van der Waals surface area contributed by atoms with Gasteiger partial charge in [-0.15, -0.1) is 0 Å². The molecular weight excluding hydrogens is 218 g/mol. The molecule has 0 saturated carbocycles. The number of rotatable bonds is 6. The molecule has 0 radical (unpaired) electrons. The first-order valence-corrected chi connectivity index (χ1v) is 4.95. The van der Waals surface area contributed by atoms with Crippen LogP contribution in [0.4, 0.5) is 5.82 Å². The highest BCUT2D eigenvalue weighted by Gasteiger charge is 2.06. The quantitative estimate of drug-likeness (QED) is 0.595. The Morgan fingerprint density at radius 3 is 2.80 bits per heavy atom. The lowest BCUT2D eigenvalue weighted by molar-refractivity contribution is 0.0390. The smallest absolute Gasteiger partial charge is 0.171 e. The minimum Gasteiger partial charge on any atom is -0.382 e. The van der Waals surface area contributed by atoms with Crippen molar-refractivity contribution in [3.63, 3.8) is 0 Å². The Morgan fingerprint density at radius 2 is 2.13 bits per heavy atom. The summed E-state index contributed by atoms with van der Waals surface area (Å²) in [4.78, 5) is 7.92. The molecule has 0 aromatic carbocycles. The monoisotopic (exact) mass is 231 g/mol. The van der Waals surface area contributed by atoms with E-state index in [1.165, 1.54) is 6.20 Å². The van der Waals surface area contributed by atoms with Crippen molar-refractivity contribution in [2.24, 2.45) is 0 Å². The average Bonchev–Trinajstić information content (AvgIpc) is 2.22. The summed E-state index contributed by atoms with van der Waals surface area (Å²) in [6.45, 7) is 2.93. The summed E-state index contributed by atoms with van der Waals surface area (Å²) in [5.41, 5.74) is 0. The first-order chi connectivity index (χ1) is 7.24. The largest absolute Gasteiger partial charge is 0.382 e. The molecule has 1 aromatic heterocycles. The first kappa shape index (κ1) is 12.2. The van der Waals surface area contributed by atoms with Crippen LogP contribution in [0.25, 0.3) is 0 Å². The molecule has 0 aliphatic heterocycles. The van der Waals surface area contributed by atoms with E-state index in [-0.39, 0.29) is 6.23 Å². The highest BCUT2D eigenvalue weighted by Crippen LogP contribution is 2.15. The molecule has 1 rings (SSSR count). The number of nitrogens with zero attached hydrogens (tertiary/aromatic N) is 2. The van der Waals surface area contributed by atoms with E-state index in [9.17, 15) is 0 Å². The fourth-order valence-electron chi connectivity index (χ4n) is 0.960. The molecule has 0 spiro atoms. The van der Waals surface area contributed by atoms with Gasteiger partial charge < -0.3 is 14.8 Å². The minimum atomic E-state index is -0.186. The van der Waals surface area contributed by atoms with Crippen LogP contribution < -0.4 is 5.32 Å². The zero-order chi connectivity index (χ0) is 11.1. The molecule has 0 amide bonds. The van der Waals surface area contributed by atoms with E-state index in [4.69, 9.17) is 21.1 Å². The Labute approximate surface area is 93.8 Å². The maximum Gasteiger partial charge on any atom is 0.171 e. The maximum atomic E-state index is 5.81. The third-order valence-corrected chi connectivity index (χ3v) is 1.93. The standard InChI is InChI=1S/C9H14ClN3O2/c1-7(15-6-5-14-2)13-9-8(10)11-3-4-12-9/h3-4,7H,5-6H2,1-2H3,(H,12,13). The van der Waals surface area contributed by atoms with Gasteiger partial charge in [-0.2, -0.15) is 0 Å². The second-order valence-corrected chi connectivity index (χ2v) is 3.20. The molecule has 0 aliphatic carbocycles. The second-order valence-electron chi connectivity index (χ2n) is 2.85. The van der Waals surface area contributed by atoms with Gasteiger partial charge in [-0.3, -0.25) is 0 Å². The molecule has 1 heterocycles. The normalized spacial score (nSPS) is 12.5. The first-order valence-electron chi connectivity index (χ1n) is 4.57. The highest BCUT2D eigenvalue weighted by atomic mass is 35.5. The van der Waals surface area contributed by atoms with Gasteiger partial charge in [0.15, 0.2) is 11.0 Å². The van der Waals surface area contributed by atoms with Crippen molar-refractivity contribution < 1.29 is 9.47 Å². The minimum absolute atomic E-state index is 0.186. The third-order valence-electron chi connectivity index (χ3n) is 1.65. The predicted octanol–water partition coefficient (Wildman–Crippen LogP) is 1.55. The Kier molecular flexibility index (Phi) is 5.31. The molecule has 6 heteroatoms. The summed E-state index contributed by atoms with van der Waals surface area (Å²) in [6.07, 6.45) is 2.91.